The van der Waals surface area contributed by atoms with E-state index in [1.54, 1.807) is 6.21 Å². The molecule has 1 aliphatic rings. The van der Waals surface area contributed by atoms with Crippen LogP contribution in [0, 0.1) is 0 Å². The van der Waals surface area contributed by atoms with Crippen LogP contribution >= 0.6 is 0 Å². The van der Waals surface area contributed by atoms with Gasteiger partial charge in [-0.3, -0.25) is 14.7 Å². The molecule has 0 unspecified atom stereocenters. The molecular weight excluding hydrogens is 374 g/mol. The second-order valence-corrected chi connectivity index (χ2v) is 7.99. The zero-order chi connectivity index (χ0) is 20.5. The van der Waals surface area contributed by atoms with E-state index < -0.39 is 0 Å². The molecule has 5 rings (SSSR count). The molecule has 4 aromatic rings. The van der Waals surface area contributed by atoms with E-state index >= 15 is 0 Å². The summed E-state index contributed by atoms with van der Waals surface area (Å²) in [6.45, 7) is 5.42. The van der Waals surface area contributed by atoms with E-state index in [1.165, 1.54) is 5.56 Å². The fourth-order valence-electron chi connectivity index (χ4n) is 4.11. The van der Waals surface area contributed by atoms with E-state index in [1.807, 2.05) is 42.6 Å². The molecule has 6 heteroatoms. The third-order valence-corrected chi connectivity index (χ3v) is 5.89. The van der Waals surface area contributed by atoms with E-state index in [0.717, 1.165) is 60.2 Å². The number of rotatable bonds is 4. The van der Waals surface area contributed by atoms with E-state index in [9.17, 15) is 4.79 Å². The van der Waals surface area contributed by atoms with Gasteiger partial charge >= 0.3 is 0 Å². The molecule has 0 saturated carbocycles. The van der Waals surface area contributed by atoms with Gasteiger partial charge in [0.05, 0.1) is 11.3 Å². The second-order valence-electron chi connectivity index (χ2n) is 7.99. The molecule has 1 saturated heterocycles. The molecule has 0 bridgehead atoms. The molecule has 0 radical (unpaired) electrons. The Labute approximate surface area is 174 Å². The average Bonchev–Trinajstić information content (AvgIpc) is 3.10. The summed E-state index contributed by atoms with van der Waals surface area (Å²) in [7, 11) is 2.17. The number of likely N-dealkylation sites (N-methyl/N-ethyl adjacent to an activating group) is 1. The summed E-state index contributed by atoms with van der Waals surface area (Å²) in [5, 5.41) is 1.92. The fourth-order valence-corrected chi connectivity index (χ4v) is 4.11. The van der Waals surface area contributed by atoms with E-state index in [4.69, 9.17) is 0 Å². The first-order chi connectivity index (χ1) is 14.7. The third kappa shape index (κ3) is 3.67. The van der Waals surface area contributed by atoms with Crippen molar-refractivity contribution in [1.82, 2.24) is 19.8 Å². The van der Waals surface area contributed by atoms with Crippen molar-refractivity contribution < 1.29 is 0 Å². The molecule has 0 spiro atoms. The molecule has 0 amide bonds. The van der Waals surface area contributed by atoms with Gasteiger partial charge in [0, 0.05) is 66.9 Å². The highest BCUT2D eigenvalue weighted by molar-refractivity contribution is 6.13. The number of nitrogens with zero attached hydrogens (tertiary/aromatic N) is 3. The smallest absolute Gasteiger partial charge is 0.257 e. The lowest BCUT2D eigenvalue weighted by Crippen LogP contribution is -2.43. The Kier molecular flexibility index (Phi) is 4.94. The molecule has 30 heavy (non-hydrogen) atoms. The number of benzene rings is 2. The van der Waals surface area contributed by atoms with Crippen molar-refractivity contribution in [2.24, 2.45) is 4.99 Å². The molecule has 3 heterocycles. The zero-order valence-corrected chi connectivity index (χ0v) is 17.1. The lowest BCUT2D eigenvalue weighted by Gasteiger charge is -2.32. The van der Waals surface area contributed by atoms with Crippen LogP contribution in [0.2, 0.25) is 0 Å². The van der Waals surface area contributed by atoms with Crippen LogP contribution in [0.25, 0.3) is 21.8 Å². The van der Waals surface area contributed by atoms with Crippen LogP contribution in [-0.4, -0.2) is 59.2 Å². The van der Waals surface area contributed by atoms with Crippen LogP contribution < -0.4 is 5.56 Å². The maximum atomic E-state index is 12.5. The summed E-state index contributed by atoms with van der Waals surface area (Å²) in [6, 6.07) is 16.2. The summed E-state index contributed by atoms with van der Waals surface area (Å²) in [5.74, 6) is 0. The van der Waals surface area contributed by atoms with Crippen molar-refractivity contribution >= 4 is 33.7 Å². The molecule has 2 aromatic carbocycles. The maximum Gasteiger partial charge on any atom is 0.257 e. The first kappa shape index (κ1) is 18.8. The number of aliphatic imine (C=N–C) groups is 1. The number of nitrogens with one attached hydrogen (secondary N) is 2. The number of aromatic amines is 2. The van der Waals surface area contributed by atoms with Gasteiger partial charge in [-0.1, -0.05) is 18.2 Å². The Bertz CT molecular complexity index is 1260. The van der Waals surface area contributed by atoms with Crippen LogP contribution in [0.5, 0.6) is 0 Å². The third-order valence-electron chi connectivity index (χ3n) is 5.89. The van der Waals surface area contributed by atoms with Crippen molar-refractivity contribution in [2.45, 2.75) is 6.54 Å². The van der Waals surface area contributed by atoms with Crippen LogP contribution in [0.4, 0.5) is 5.69 Å². The van der Waals surface area contributed by atoms with E-state index in [2.05, 4.69) is 43.9 Å². The second kappa shape index (κ2) is 7.89. The van der Waals surface area contributed by atoms with Gasteiger partial charge in [-0.15, -0.1) is 0 Å². The minimum Gasteiger partial charge on any atom is -0.361 e. The van der Waals surface area contributed by atoms with Crippen molar-refractivity contribution in [3.63, 3.8) is 0 Å². The average molecular weight is 399 g/mol. The van der Waals surface area contributed by atoms with Crippen molar-refractivity contribution in [2.75, 3.05) is 33.2 Å². The summed E-state index contributed by atoms with van der Waals surface area (Å²) in [5.41, 5.74) is 4.44. The van der Waals surface area contributed by atoms with Gasteiger partial charge in [-0.25, -0.2) is 0 Å². The van der Waals surface area contributed by atoms with Gasteiger partial charge < -0.3 is 14.9 Å². The maximum absolute atomic E-state index is 12.5. The highest BCUT2D eigenvalue weighted by Gasteiger charge is 2.14. The zero-order valence-electron chi connectivity index (χ0n) is 17.1. The largest absolute Gasteiger partial charge is 0.361 e. The molecule has 6 nitrogen and oxygen atoms in total. The van der Waals surface area contributed by atoms with Gasteiger partial charge in [-0.2, -0.15) is 0 Å². The standard InChI is InChI=1S/C24H25N5O/c1-28-11-13-29(14-12-28)16-17-4-6-18(7-5-17)26-15-20-23-19-3-2-10-25-21(19)8-9-22(23)27-24(20)30/h2-10,15,25H,11-14,16H2,1H3,(H,27,30). The number of hydrogen-bond donors (Lipinski definition) is 2. The Morgan fingerprint density at radius 1 is 1.00 bits per heavy atom. The number of fused-ring (bicyclic) bond motifs is 3. The molecule has 0 aliphatic carbocycles. The van der Waals surface area contributed by atoms with Gasteiger partial charge in [-0.05, 0) is 42.9 Å². The first-order valence-electron chi connectivity index (χ1n) is 10.3. The number of aromatic nitrogens is 2. The number of hydrogen-bond acceptors (Lipinski definition) is 4. The topological polar surface area (TPSA) is 67.5 Å². The first-order valence-corrected chi connectivity index (χ1v) is 10.3. The Balaban J connectivity index is 1.39. The minimum absolute atomic E-state index is 0.114. The number of pyridine rings is 1. The summed E-state index contributed by atoms with van der Waals surface area (Å²) in [4.78, 5) is 28.1. The summed E-state index contributed by atoms with van der Waals surface area (Å²) in [6.07, 6.45) is 3.57. The monoisotopic (exact) mass is 399 g/mol. The summed E-state index contributed by atoms with van der Waals surface area (Å²) >= 11 is 0. The van der Waals surface area contributed by atoms with Gasteiger partial charge in [0.1, 0.15) is 0 Å². The van der Waals surface area contributed by atoms with Gasteiger partial charge in [0.25, 0.3) is 5.56 Å². The molecule has 2 N–H and O–H groups in total. The molecule has 1 aliphatic heterocycles. The van der Waals surface area contributed by atoms with Crippen LogP contribution in [0.3, 0.4) is 0 Å². The highest BCUT2D eigenvalue weighted by atomic mass is 16.1. The van der Waals surface area contributed by atoms with Crippen molar-refractivity contribution in [3.05, 3.63) is 76.2 Å². The molecular formula is C24H25N5O. The quantitative estimate of drug-likeness (QED) is 0.516. The number of H-pyrrole nitrogens is 2. The van der Waals surface area contributed by atoms with Gasteiger partial charge in [0.2, 0.25) is 0 Å². The molecule has 0 atom stereocenters. The lowest BCUT2D eigenvalue weighted by molar-refractivity contribution is 0.148. The van der Waals surface area contributed by atoms with Gasteiger partial charge in [0.15, 0.2) is 0 Å². The van der Waals surface area contributed by atoms with E-state index in [-0.39, 0.29) is 5.56 Å². The van der Waals surface area contributed by atoms with Crippen molar-refractivity contribution in [1.29, 1.82) is 0 Å². The Morgan fingerprint density at radius 2 is 1.77 bits per heavy atom. The number of piperazine rings is 1. The van der Waals surface area contributed by atoms with Crippen molar-refractivity contribution in [3.8, 4) is 0 Å². The normalized spacial score (nSPS) is 16.2. The molecule has 152 valence electrons. The highest BCUT2D eigenvalue weighted by Crippen LogP contribution is 2.24. The minimum atomic E-state index is -0.114. The SMILES string of the molecule is CN1CCN(Cc2ccc(N=Cc3c(=O)[nH]c4ccc5[nH]cccc5c34)cc2)CC1. The van der Waals surface area contributed by atoms with E-state index in [0.29, 0.717) is 5.56 Å². The van der Waals surface area contributed by atoms with Crippen LogP contribution in [0.1, 0.15) is 11.1 Å². The fraction of sp³-hybridized carbons (Fsp3) is 0.250. The van der Waals surface area contributed by atoms with Crippen LogP contribution in [-0.2, 0) is 6.54 Å². The Hall–Kier alpha value is -3.22. The van der Waals surface area contributed by atoms with Crippen LogP contribution in [0.15, 0.2) is 64.5 Å². The predicted molar refractivity (Wildman–Crippen MR) is 123 cm³/mol. The molecule has 2 aromatic heterocycles. The molecule has 1 fully saturated rings. The summed E-state index contributed by atoms with van der Waals surface area (Å²) < 4.78 is 0. The Morgan fingerprint density at radius 3 is 2.57 bits per heavy atom. The lowest BCUT2D eigenvalue weighted by atomic mass is 10.1. The predicted octanol–water partition coefficient (Wildman–Crippen LogP) is 3.51.